The topological polar surface area (TPSA) is 144 Å². The third kappa shape index (κ3) is 8.37. The number of esters is 3. The SMILES string of the molecule is CC12CCC(C(=O)OCCOCC(COCCOC(=O)C3CCC4(C)OC4C3)OCCOC(=O)C3CCC4(C)OC4C3)CC1O2. The van der Waals surface area contributed by atoms with Crippen molar-refractivity contribution in [2.75, 3.05) is 52.9 Å². The maximum atomic E-state index is 12.5. The first-order chi connectivity index (χ1) is 21.6. The van der Waals surface area contributed by atoms with Gasteiger partial charge in [0.15, 0.2) is 0 Å². The van der Waals surface area contributed by atoms with Crippen LogP contribution in [-0.4, -0.2) is 112 Å². The molecule has 3 saturated heterocycles. The summed E-state index contributed by atoms with van der Waals surface area (Å²) in [5, 5.41) is 0. The molecule has 0 radical (unpaired) electrons. The Morgan fingerprint density at radius 1 is 0.578 bits per heavy atom. The van der Waals surface area contributed by atoms with Crippen molar-refractivity contribution in [3.8, 4) is 0 Å². The molecular weight excluding hydrogens is 588 g/mol. The van der Waals surface area contributed by atoms with Gasteiger partial charge in [-0.2, -0.15) is 0 Å². The molecule has 254 valence electrons. The summed E-state index contributed by atoms with van der Waals surface area (Å²) >= 11 is 0. The predicted molar refractivity (Wildman–Crippen MR) is 156 cm³/mol. The number of hydrogen-bond donors (Lipinski definition) is 0. The molecule has 12 nitrogen and oxygen atoms in total. The van der Waals surface area contributed by atoms with Crippen molar-refractivity contribution in [1.82, 2.24) is 0 Å². The van der Waals surface area contributed by atoms with E-state index in [0.717, 1.165) is 38.5 Å². The highest BCUT2D eigenvalue weighted by atomic mass is 16.6. The molecule has 3 aliphatic carbocycles. The van der Waals surface area contributed by atoms with E-state index < -0.39 is 6.10 Å². The smallest absolute Gasteiger partial charge is 0.309 e. The highest BCUT2D eigenvalue weighted by Crippen LogP contribution is 2.51. The molecule has 0 spiro atoms. The lowest BCUT2D eigenvalue weighted by molar-refractivity contribution is -0.155. The molecule has 6 aliphatic rings. The highest BCUT2D eigenvalue weighted by Gasteiger charge is 2.58. The molecule has 0 aromatic carbocycles. The van der Waals surface area contributed by atoms with E-state index in [1.807, 2.05) is 0 Å². The van der Waals surface area contributed by atoms with Crippen LogP contribution in [0.1, 0.15) is 78.6 Å². The zero-order valence-electron chi connectivity index (χ0n) is 27.0. The lowest BCUT2D eigenvalue weighted by Gasteiger charge is -2.22. The molecule has 0 N–H and O–H groups in total. The second-order valence-corrected chi connectivity index (χ2v) is 14.3. The van der Waals surface area contributed by atoms with E-state index in [1.54, 1.807) is 0 Å². The molecule has 0 bridgehead atoms. The number of ether oxygens (including phenoxy) is 9. The average Bonchev–Trinajstić information content (AvgIpc) is 3.95. The van der Waals surface area contributed by atoms with Crippen LogP contribution >= 0.6 is 0 Å². The molecule has 6 rings (SSSR count). The Bertz CT molecular complexity index is 1030. The monoisotopic (exact) mass is 638 g/mol. The van der Waals surface area contributed by atoms with Crippen molar-refractivity contribution in [2.45, 2.75) is 120 Å². The largest absolute Gasteiger partial charge is 0.463 e. The fourth-order valence-corrected chi connectivity index (χ4v) is 7.27. The molecule has 0 aromatic rings. The van der Waals surface area contributed by atoms with Gasteiger partial charge in [0, 0.05) is 0 Å². The zero-order valence-corrected chi connectivity index (χ0v) is 27.0. The standard InChI is InChI=1S/C33H50O12/c1-31-7-4-21(16-25(31)43-31)28(34)40-12-10-37-19-24(39-14-15-42-30(36)23-6-9-33(3)27(18-23)45-33)20-38-11-13-41-29(35)22-5-8-32(2)26(17-22)44-32/h21-27H,4-20H2,1-3H3. The molecule has 0 aromatic heterocycles. The fraction of sp³-hybridized carbons (Fsp3) is 0.909. The maximum Gasteiger partial charge on any atom is 0.309 e. The van der Waals surface area contributed by atoms with Crippen LogP contribution in [0.5, 0.6) is 0 Å². The van der Waals surface area contributed by atoms with E-state index in [1.165, 1.54) is 0 Å². The van der Waals surface area contributed by atoms with Gasteiger partial charge in [0.05, 0.1) is 85.9 Å². The Hall–Kier alpha value is -1.83. The van der Waals surface area contributed by atoms with Gasteiger partial charge in [-0.3, -0.25) is 14.4 Å². The van der Waals surface area contributed by atoms with Gasteiger partial charge in [-0.05, 0) is 78.6 Å². The van der Waals surface area contributed by atoms with Crippen LogP contribution in [-0.2, 0) is 57.0 Å². The normalized spacial score (nSPS) is 39.8. The van der Waals surface area contributed by atoms with E-state index in [9.17, 15) is 14.4 Å². The van der Waals surface area contributed by atoms with Crippen molar-refractivity contribution < 1.29 is 57.0 Å². The van der Waals surface area contributed by atoms with Crippen molar-refractivity contribution in [2.24, 2.45) is 17.8 Å². The molecule has 0 amide bonds. The van der Waals surface area contributed by atoms with Gasteiger partial charge in [0.1, 0.15) is 25.9 Å². The van der Waals surface area contributed by atoms with E-state index >= 15 is 0 Å². The van der Waals surface area contributed by atoms with Crippen LogP contribution in [0.15, 0.2) is 0 Å². The molecular formula is C33H50O12. The Morgan fingerprint density at radius 3 is 1.29 bits per heavy atom. The summed E-state index contributed by atoms with van der Waals surface area (Å²) in [6.45, 7) is 7.73. The maximum absolute atomic E-state index is 12.5. The minimum atomic E-state index is -0.448. The van der Waals surface area contributed by atoms with Crippen molar-refractivity contribution in [1.29, 1.82) is 0 Å². The first kappa shape index (κ1) is 33.1. The van der Waals surface area contributed by atoms with Gasteiger partial charge < -0.3 is 42.6 Å². The van der Waals surface area contributed by atoms with Crippen LogP contribution < -0.4 is 0 Å². The second kappa shape index (κ2) is 13.7. The Morgan fingerprint density at radius 2 is 0.933 bits per heavy atom. The van der Waals surface area contributed by atoms with E-state index in [4.69, 9.17) is 42.6 Å². The van der Waals surface area contributed by atoms with Crippen LogP contribution in [0.4, 0.5) is 0 Å². The molecule has 12 heteroatoms. The molecule has 45 heavy (non-hydrogen) atoms. The minimum absolute atomic E-state index is 0.0375. The average molecular weight is 639 g/mol. The van der Waals surface area contributed by atoms with Gasteiger partial charge in [-0.1, -0.05) is 0 Å². The summed E-state index contributed by atoms with van der Waals surface area (Å²) in [4.78, 5) is 37.4. The Kier molecular flexibility index (Phi) is 10.1. The van der Waals surface area contributed by atoms with Crippen molar-refractivity contribution in [3.05, 3.63) is 0 Å². The van der Waals surface area contributed by atoms with Crippen molar-refractivity contribution in [3.63, 3.8) is 0 Å². The molecule has 9 atom stereocenters. The van der Waals surface area contributed by atoms with Gasteiger partial charge in [0.2, 0.25) is 0 Å². The number of rotatable bonds is 17. The van der Waals surface area contributed by atoms with Gasteiger partial charge in [-0.15, -0.1) is 0 Å². The first-order valence-corrected chi connectivity index (χ1v) is 16.9. The molecule has 3 aliphatic heterocycles. The van der Waals surface area contributed by atoms with Crippen LogP contribution in [0, 0.1) is 17.8 Å². The number of fused-ring (bicyclic) bond motifs is 3. The quantitative estimate of drug-likeness (QED) is 0.1000. The summed E-state index contributed by atoms with van der Waals surface area (Å²) in [5.41, 5.74) is -0.120. The van der Waals surface area contributed by atoms with E-state index in [-0.39, 0.29) is 124 Å². The summed E-state index contributed by atoms with van der Waals surface area (Å²) < 4.78 is 50.9. The second-order valence-electron chi connectivity index (χ2n) is 14.3. The first-order valence-electron chi connectivity index (χ1n) is 16.9. The van der Waals surface area contributed by atoms with Gasteiger partial charge in [0.25, 0.3) is 0 Å². The van der Waals surface area contributed by atoms with Crippen LogP contribution in [0.2, 0.25) is 0 Å². The zero-order chi connectivity index (χ0) is 31.7. The summed E-state index contributed by atoms with van der Waals surface area (Å²) in [5.74, 6) is -0.999. The van der Waals surface area contributed by atoms with Gasteiger partial charge in [-0.25, -0.2) is 0 Å². The highest BCUT2D eigenvalue weighted by molar-refractivity contribution is 5.73. The number of carbonyl (C=O) groups is 3. The third-order valence-corrected chi connectivity index (χ3v) is 10.8. The molecule has 6 fully saturated rings. The Labute approximate surface area is 265 Å². The third-order valence-electron chi connectivity index (χ3n) is 10.8. The summed E-state index contributed by atoms with van der Waals surface area (Å²) in [6.07, 6.45) is 7.16. The van der Waals surface area contributed by atoms with Crippen LogP contribution in [0.3, 0.4) is 0 Å². The summed E-state index contributed by atoms with van der Waals surface area (Å²) in [7, 11) is 0. The minimum Gasteiger partial charge on any atom is -0.463 e. The molecule has 3 heterocycles. The summed E-state index contributed by atoms with van der Waals surface area (Å²) in [6, 6.07) is 0. The van der Waals surface area contributed by atoms with E-state index in [0.29, 0.717) is 19.3 Å². The van der Waals surface area contributed by atoms with Gasteiger partial charge >= 0.3 is 17.9 Å². The lowest BCUT2D eigenvalue weighted by atomic mass is 9.83. The fourth-order valence-electron chi connectivity index (χ4n) is 7.27. The van der Waals surface area contributed by atoms with Crippen LogP contribution in [0.25, 0.3) is 0 Å². The number of hydrogen-bond acceptors (Lipinski definition) is 12. The Balaban J connectivity index is 0.858. The van der Waals surface area contributed by atoms with Crippen molar-refractivity contribution >= 4 is 17.9 Å². The molecule has 9 unspecified atom stereocenters. The number of epoxide rings is 3. The van der Waals surface area contributed by atoms with E-state index in [2.05, 4.69) is 20.8 Å². The molecule has 3 saturated carbocycles. The predicted octanol–water partition coefficient (Wildman–Crippen LogP) is 2.91. The number of carbonyl (C=O) groups excluding carboxylic acids is 3. The lowest BCUT2D eigenvalue weighted by Crippen LogP contribution is -2.31.